The Kier molecular flexibility index (Phi) is 23.6. The second-order valence-corrected chi connectivity index (χ2v) is 3.48. The molecule has 0 atom stereocenters. The zero-order valence-electron chi connectivity index (χ0n) is 9.57. The van der Waals surface area contributed by atoms with Crippen LogP contribution < -0.4 is 0 Å². The summed E-state index contributed by atoms with van der Waals surface area (Å²) in [4.78, 5) is 0. The number of ether oxygens (including phenoxy) is 1. The number of aliphatic hydroxyl groups excluding tert-OH is 1. The molecule has 0 aliphatic carbocycles. The van der Waals surface area contributed by atoms with Gasteiger partial charge < -0.3 is 9.84 Å². The second kappa shape index (κ2) is 19.9. The fourth-order valence-corrected chi connectivity index (χ4v) is 1.15. The van der Waals surface area contributed by atoms with Crippen molar-refractivity contribution in [3.63, 3.8) is 0 Å². The number of hydrogen-bond donors (Lipinski definition) is 2. The molecule has 0 fully saturated rings. The SMILES string of the molecule is CCCCCCCCOCCO.[O]=[Ti][OH]. The number of aliphatic hydroxyl groups is 1. The molecule has 5 heteroatoms. The molecule has 0 aromatic heterocycles. The fraction of sp³-hybridized carbons (Fsp3) is 1.00. The summed E-state index contributed by atoms with van der Waals surface area (Å²) in [5.41, 5.74) is 0. The van der Waals surface area contributed by atoms with Gasteiger partial charge in [-0.15, -0.1) is 0 Å². The third-order valence-corrected chi connectivity index (χ3v) is 1.88. The first-order chi connectivity index (χ1) is 7.33. The van der Waals surface area contributed by atoms with Gasteiger partial charge in [0.25, 0.3) is 0 Å². The third kappa shape index (κ3) is 25.1. The first-order valence-electron chi connectivity index (χ1n) is 5.53. The molecule has 0 aromatic rings. The molecule has 91 valence electrons. The Hall–Kier alpha value is 0.394. The summed E-state index contributed by atoms with van der Waals surface area (Å²) < 4.78 is 20.9. The molecule has 0 bridgehead atoms. The van der Waals surface area contributed by atoms with Crippen molar-refractivity contribution in [2.75, 3.05) is 19.8 Å². The van der Waals surface area contributed by atoms with Crippen molar-refractivity contribution in [3.8, 4) is 0 Å². The zero-order chi connectivity index (χ0) is 11.8. The van der Waals surface area contributed by atoms with Crippen LogP contribution in [-0.2, 0) is 27.6 Å². The Bertz CT molecular complexity index is 102. The summed E-state index contributed by atoms with van der Waals surface area (Å²) in [6.45, 7) is 3.68. The molecule has 0 radical (unpaired) electrons. The molecule has 4 nitrogen and oxygen atoms in total. The topological polar surface area (TPSA) is 66.8 Å². The molecule has 15 heavy (non-hydrogen) atoms. The van der Waals surface area contributed by atoms with E-state index in [1.54, 1.807) is 0 Å². The van der Waals surface area contributed by atoms with Crippen molar-refractivity contribution in [3.05, 3.63) is 0 Å². The van der Waals surface area contributed by atoms with Gasteiger partial charge >= 0.3 is 26.5 Å². The van der Waals surface area contributed by atoms with Gasteiger partial charge in [0.2, 0.25) is 0 Å². The number of unbranched alkanes of at least 4 members (excludes halogenated alkanes) is 5. The minimum absolute atomic E-state index is 0.149. The predicted octanol–water partition coefficient (Wildman–Crippen LogP) is 1.68. The number of rotatable bonds is 9. The van der Waals surface area contributed by atoms with E-state index in [9.17, 15) is 0 Å². The Morgan fingerprint density at radius 1 is 1.07 bits per heavy atom. The van der Waals surface area contributed by atoms with Gasteiger partial charge in [-0.2, -0.15) is 0 Å². The standard InChI is InChI=1S/C10H22O2.H2O.O.Ti/c1-2-3-4-5-6-7-9-12-10-8-11;;;/h11H,2-10H2,1H3;1H2;;/q;;;+1/p-1. The van der Waals surface area contributed by atoms with E-state index in [0.717, 1.165) is 13.0 Å². The molecule has 0 spiro atoms. The van der Waals surface area contributed by atoms with Crippen LogP contribution >= 0.6 is 0 Å². The Labute approximate surface area is 102 Å². The normalized spacial score (nSPS) is 9.00. The maximum atomic E-state index is 8.61. The summed E-state index contributed by atoms with van der Waals surface area (Å²) in [5.74, 6) is 0. The van der Waals surface area contributed by atoms with Crippen LogP contribution in [-0.4, -0.2) is 28.6 Å². The van der Waals surface area contributed by atoms with Gasteiger partial charge in [0.1, 0.15) is 0 Å². The van der Waals surface area contributed by atoms with Gasteiger partial charge in [0, 0.05) is 6.61 Å². The molecule has 0 unspecified atom stereocenters. The maximum absolute atomic E-state index is 8.61. The van der Waals surface area contributed by atoms with Crippen molar-refractivity contribution < 1.29 is 36.4 Å². The summed E-state index contributed by atoms with van der Waals surface area (Å²) in [7, 11) is 0. The molecule has 0 aromatic carbocycles. The Balaban J connectivity index is 0. The van der Waals surface area contributed by atoms with Gasteiger partial charge in [-0.05, 0) is 6.42 Å². The van der Waals surface area contributed by atoms with E-state index >= 15 is 0 Å². The second-order valence-electron chi connectivity index (χ2n) is 3.20. The Morgan fingerprint density at radius 3 is 2.13 bits per heavy atom. The van der Waals surface area contributed by atoms with E-state index in [1.165, 1.54) is 32.1 Å². The van der Waals surface area contributed by atoms with Gasteiger partial charge in [-0.1, -0.05) is 39.0 Å². The van der Waals surface area contributed by atoms with Crippen LogP contribution in [0.15, 0.2) is 0 Å². The quantitative estimate of drug-likeness (QED) is 0.486. The van der Waals surface area contributed by atoms with Gasteiger partial charge in [0.15, 0.2) is 0 Å². The molecular formula is C10H23O4Ti. The van der Waals surface area contributed by atoms with Crippen LogP contribution in [0.1, 0.15) is 45.4 Å². The molecule has 0 aliphatic heterocycles. The fourth-order valence-electron chi connectivity index (χ4n) is 1.15. The van der Waals surface area contributed by atoms with Gasteiger partial charge in [-0.25, -0.2) is 0 Å². The van der Waals surface area contributed by atoms with E-state index in [-0.39, 0.29) is 6.61 Å². The monoisotopic (exact) mass is 255 g/mol. The minimum atomic E-state index is -1.75. The van der Waals surface area contributed by atoms with Crippen LogP contribution in [0.5, 0.6) is 0 Å². The van der Waals surface area contributed by atoms with E-state index in [0.29, 0.717) is 6.61 Å². The Morgan fingerprint density at radius 2 is 1.60 bits per heavy atom. The van der Waals surface area contributed by atoms with E-state index in [1.807, 2.05) is 0 Å². The van der Waals surface area contributed by atoms with E-state index < -0.39 is 19.5 Å². The van der Waals surface area contributed by atoms with Crippen molar-refractivity contribution >= 4 is 0 Å². The van der Waals surface area contributed by atoms with Crippen LogP contribution in [0.25, 0.3) is 0 Å². The molecular weight excluding hydrogens is 232 g/mol. The van der Waals surface area contributed by atoms with Crippen molar-refractivity contribution in [2.24, 2.45) is 0 Å². The van der Waals surface area contributed by atoms with Gasteiger partial charge in [-0.3, -0.25) is 0 Å². The molecule has 0 saturated carbocycles. The summed E-state index contributed by atoms with van der Waals surface area (Å²) in [6, 6.07) is 0. The summed E-state index contributed by atoms with van der Waals surface area (Å²) in [6.07, 6.45) is 7.76. The van der Waals surface area contributed by atoms with Crippen molar-refractivity contribution in [1.82, 2.24) is 0 Å². The predicted molar refractivity (Wildman–Crippen MR) is 54.2 cm³/mol. The summed E-state index contributed by atoms with van der Waals surface area (Å²) >= 11 is -1.75. The average Bonchev–Trinajstić information content (AvgIpc) is 2.23. The first-order valence-corrected chi connectivity index (χ1v) is 6.86. The molecule has 2 N–H and O–H groups in total. The van der Waals surface area contributed by atoms with Gasteiger partial charge in [0.05, 0.1) is 13.2 Å². The molecule has 0 heterocycles. The van der Waals surface area contributed by atoms with Crippen LogP contribution in [0.4, 0.5) is 0 Å². The third-order valence-electron chi connectivity index (χ3n) is 1.88. The zero-order valence-corrected chi connectivity index (χ0v) is 11.1. The summed E-state index contributed by atoms with van der Waals surface area (Å²) in [5, 5.41) is 8.41. The molecule has 0 aliphatic rings. The number of hydrogen-bond acceptors (Lipinski definition) is 3. The molecule has 0 rings (SSSR count). The average molecular weight is 255 g/mol. The molecule has 0 amide bonds. The molecule has 0 saturated heterocycles. The van der Waals surface area contributed by atoms with E-state index in [4.69, 9.17) is 16.9 Å². The van der Waals surface area contributed by atoms with E-state index in [2.05, 4.69) is 6.92 Å². The van der Waals surface area contributed by atoms with Crippen molar-refractivity contribution in [2.45, 2.75) is 45.4 Å². The van der Waals surface area contributed by atoms with Crippen LogP contribution in [0.3, 0.4) is 0 Å². The first kappa shape index (κ1) is 17.8. The van der Waals surface area contributed by atoms with Crippen LogP contribution in [0.2, 0.25) is 0 Å². The van der Waals surface area contributed by atoms with Crippen molar-refractivity contribution in [1.29, 1.82) is 0 Å². The van der Waals surface area contributed by atoms with Crippen LogP contribution in [0, 0.1) is 0 Å².